The van der Waals surface area contributed by atoms with E-state index in [0.717, 1.165) is 11.3 Å². The molecule has 2 aromatic rings. The third-order valence-electron chi connectivity index (χ3n) is 3.20. The van der Waals surface area contributed by atoms with Crippen LogP contribution in [0.3, 0.4) is 0 Å². The lowest BCUT2D eigenvalue weighted by Crippen LogP contribution is -2.14. The summed E-state index contributed by atoms with van der Waals surface area (Å²) in [7, 11) is 1.83. The number of aromatic nitrogens is 2. The minimum Gasteiger partial charge on any atom is -0.307 e. The van der Waals surface area contributed by atoms with Gasteiger partial charge in [0.1, 0.15) is 5.82 Å². The predicted octanol–water partition coefficient (Wildman–Crippen LogP) is 3.28. The number of hydrogen-bond acceptors (Lipinski definition) is 2. The Balaban J connectivity index is 2.20. The van der Waals surface area contributed by atoms with Crippen molar-refractivity contribution in [2.45, 2.75) is 33.1 Å². The smallest absolute Gasteiger partial charge is 0.256 e. The SMILES string of the molecule is Cc1ccc(C(=O)Nc2cc(C(C)(C)C)nn2C)cc1. The number of carbonyl (C=O) groups excluding carboxylic acids is 1. The van der Waals surface area contributed by atoms with Crippen molar-refractivity contribution in [2.75, 3.05) is 5.32 Å². The van der Waals surface area contributed by atoms with Crippen molar-refractivity contribution in [3.63, 3.8) is 0 Å². The van der Waals surface area contributed by atoms with Gasteiger partial charge in [0.2, 0.25) is 0 Å². The molecule has 0 aliphatic heterocycles. The summed E-state index contributed by atoms with van der Waals surface area (Å²) >= 11 is 0. The first-order chi connectivity index (χ1) is 9.27. The van der Waals surface area contributed by atoms with E-state index in [0.29, 0.717) is 11.4 Å². The fourth-order valence-electron chi connectivity index (χ4n) is 1.84. The summed E-state index contributed by atoms with van der Waals surface area (Å²) in [6, 6.07) is 9.43. The van der Waals surface area contributed by atoms with Crippen molar-refractivity contribution in [2.24, 2.45) is 7.05 Å². The molecule has 0 fully saturated rings. The van der Waals surface area contributed by atoms with Gasteiger partial charge in [0.25, 0.3) is 5.91 Å². The summed E-state index contributed by atoms with van der Waals surface area (Å²) in [5, 5.41) is 7.34. The molecule has 20 heavy (non-hydrogen) atoms. The van der Waals surface area contributed by atoms with Crippen LogP contribution >= 0.6 is 0 Å². The van der Waals surface area contributed by atoms with Crippen LogP contribution in [0.15, 0.2) is 30.3 Å². The Hall–Kier alpha value is -2.10. The van der Waals surface area contributed by atoms with Crippen LogP contribution in [0, 0.1) is 6.92 Å². The first-order valence-corrected chi connectivity index (χ1v) is 6.70. The molecule has 1 heterocycles. The van der Waals surface area contributed by atoms with Gasteiger partial charge in [-0.3, -0.25) is 9.48 Å². The molecule has 4 heteroatoms. The van der Waals surface area contributed by atoms with Gasteiger partial charge in [0.05, 0.1) is 5.69 Å². The molecule has 1 N–H and O–H groups in total. The molecule has 1 aromatic heterocycles. The largest absolute Gasteiger partial charge is 0.307 e. The van der Waals surface area contributed by atoms with Gasteiger partial charge in [0, 0.05) is 24.1 Å². The molecule has 0 aliphatic rings. The lowest BCUT2D eigenvalue weighted by Gasteiger charge is -2.13. The van der Waals surface area contributed by atoms with Gasteiger partial charge in [0.15, 0.2) is 0 Å². The molecule has 0 unspecified atom stereocenters. The zero-order valence-electron chi connectivity index (χ0n) is 12.7. The Labute approximate surface area is 119 Å². The zero-order chi connectivity index (χ0) is 14.9. The first-order valence-electron chi connectivity index (χ1n) is 6.70. The highest BCUT2D eigenvalue weighted by atomic mass is 16.1. The number of amides is 1. The van der Waals surface area contributed by atoms with Crippen LogP contribution < -0.4 is 5.32 Å². The van der Waals surface area contributed by atoms with E-state index in [1.165, 1.54) is 0 Å². The molecule has 0 aliphatic carbocycles. The number of carbonyl (C=O) groups is 1. The second-order valence-corrected chi connectivity index (χ2v) is 6.11. The number of anilines is 1. The van der Waals surface area contributed by atoms with Gasteiger partial charge in [-0.05, 0) is 19.1 Å². The van der Waals surface area contributed by atoms with E-state index >= 15 is 0 Å². The minimum absolute atomic E-state index is 0.0371. The Kier molecular flexibility index (Phi) is 3.66. The molecule has 0 atom stereocenters. The van der Waals surface area contributed by atoms with Gasteiger partial charge in [-0.25, -0.2) is 0 Å². The number of rotatable bonds is 2. The summed E-state index contributed by atoms with van der Waals surface area (Å²) in [6.45, 7) is 8.29. The van der Waals surface area contributed by atoms with Crippen LogP contribution in [0.25, 0.3) is 0 Å². The average molecular weight is 271 g/mol. The van der Waals surface area contributed by atoms with E-state index in [1.54, 1.807) is 4.68 Å². The van der Waals surface area contributed by atoms with Gasteiger partial charge in [-0.1, -0.05) is 38.5 Å². The van der Waals surface area contributed by atoms with E-state index < -0.39 is 0 Å². The molecule has 106 valence electrons. The van der Waals surface area contributed by atoms with Gasteiger partial charge in [-0.15, -0.1) is 0 Å². The molecule has 4 nitrogen and oxygen atoms in total. The van der Waals surface area contributed by atoms with E-state index in [9.17, 15) is 4.79 Å². The molecule has 0 bridgehead atoms. The topological polar surface area (TPSA) is 46.9 Å². The Morgan fingerprint density at radius 2 is 1.80 bits per heavy atom. The van der Waals surface area contributed by atoms with Gasteiger partial charge < -0.3 is 5.32 Å². The molecule has 0 saturated carbocycles. The molecule has 0 radical (unpaired) electrons. The molecule has 1 amide bonds. The molecule has 2 rings (SSSR count). The Morgan fingerprint density at radius 3 is 2.30 bits per heavy atom. The van der Waals surface area contributed by atoms with Crippen LogP contribution in [-0.4, -0.2) is 15.7 Å². The highest BCUT2D eigenvalue weighted by Gasteiger charge is 2.19. The highest BCUT2D eigenvalue weighted by Crippen LogP contribution is 2.23. The number of aryl methyl sites for hydroxylation is 2. The lowest BCUT2D eigenvalue weighted by molar-refractivity contribution is 0.102. The van der Waals surface area contributed by atoms with Crippen LogP contribution in [0.5, 0.6) is 0 Å². The van der Waals surface area contributed by atoms with E-state index in [2.05, 4.69) is 31.2 Å². The van der Waals surface area contributed by atoms with Gasteiger partial charge in [-0.2, -0.15) is 5.10 Å². The van der Waals surface area contributed by atoms with Crippen LogP contribution in [0.2, 0.25) is 0 Å². The van der Waals surface area contributed by atoms with Crippen LogP contribution in [0.1, 0.15) is 42.4 Å². The van der Waals surface area contributed by atoms with E-state index in [-0.39, 0.29) is 11.3 Å². The van der Waals surface area contributed by atoms with E-state index in [4.69, 9.17) is 0 Å². The quantitative estimate of drug-likeness (QED) is 0.911. The number of benzene rings is 1. The second-order valence-electron chi connectivity index (χ2n) is 6.11. The van der Waals surface area contributed by atoms with Crippen molar-refractivity contribution in [1.82, 2.24) is 9.78 Å². The summed E-state index contributed by atoms with van der Waals surface area (Å²) < 4.78 is 1.70. The summed E-state index contributed by atoms with van der Waals surface area (Å²) in [4.78, 5) is 12.2. The third-order valence-corrected chi connectivity index (χ3v) is 3.20. The monoisotopic (exact) mass is 271 g/mol. The number of nitrogens with one attached hydrogen (secondary N) is 1. The fraction of sp³-hybridized carbons (Fsp3) is 0.375. The lowest BCUT2D eigenvalue weighted by atomic mass is 9.92. The average Bonchev–Trinajstić information content (AvgIpc) is 2.71. The molecular formula is C16H21N3O. The van der Waals surface area contributed by atoms with Crippen molar-refractivity contribution in [1.29, 1.82) is 0 Å². The summed E-state index contributed by atoms with van der Waals surface area (Å²) in [5.41, 5.74) is 2.70. The molecule has 0 spiro atoms. The standard InChI is InChI=1S/C16H21N3O/c1-11-6-8-12(9-7-11)15(20)17-14-10-13(16(2,3)4)18-19(14)5/h6-10H,1-5H3,(H,17,20). The first kappa shape index (κ1) is 14.3. The molecule has 0 saturated heterocycles. The van der Waals surface area contributed by atoms with Crippen molar-refractivity contribution < 1.29 is 4.79 Å². The zero-order valence-corrected chi connectivity index (χ0v) is 12.7. The van der Waals surface area contributed by atoms with Crippen LogP contribution in [-0.2, 0) is 12.5 Å². The normalized spacial score (nSPS) is 11.4. The van der Waals surface area contributed by atoms with Crippen LogP contribution in [0.4, 0.5) is 5.82 Å². The van der Waals surface area contributed by atoms with Crippen molar-refractivity contribution >= 4 is 11.7 Å². The molecule has 1 aromatic carbocycles. The maximum Gasteiger partial charge on any atom is 0.256 e. The van der Waals surface area contributed by atoms with Crippen molar-refractivity contribution in [3.8, 4) is 0 Å². The number of hydrogen-bond donors (Lipinski definition) is 1. The highest BCUT2D eigenvalue weighted by molar-refractivity contribution is 6.03. The molecular weight excluding hydrogens is 250 g/mol. The van der Waals surface area contributed by atoms with E-state index in [1.807, 2.05) is 44.3 Å². The predicted molar refractivity (Wildman–Crippen MR) is 81.0 cm³/mol. The Bertz CT molecular complexity index is 618. The van der Waals surface area contributed by atoms with Gasteiger partial charge >= 0.3 is 0 Å². The summed E-state index contributed by atoms with van der Waals surface area (Å²) in [6.07, 6.45) is 0. The maximum atomic E-state index is 12.2. The minimum atomic E-state index is -0.117. The summed E-state index contributed by atoms with van der Waals surface area (Å²) in [5.74, 6) is 0.592. The third kappa shape index (κ3) is 3.07. The van der Waals surface area contributed by atoms with Crippen molar-refractivity contribution in [3.05, 3.63) is 47.2 Å². The fourth-order valence-corrected chi connectivity index (χ4v) is 1.84. The second kappa shape index (κ2) is 5.12. The Morgan fingerprint density at radius 1 is 1.20 bits per heavy atom. The maximum absolute atomic E-state index is 12.2. The number of nitrogens with zero attached hydrogens (tertiary/aromatic N) is 2.